The molecular formula is C16H12N2O6. The van der Waals surface area contributed by atoms with Crippen LogP contribution in [0.3, 0.4) is 0 Å². The molecule has 8 nitrogen and oxygen atoms in total. The average Bonchev–Trinajstić information content (AvgIpc) is 3.22. The van der Waals surface area contributed by atoms with Crippen molar-refractivity contribution in [3.05, 3.63) is 58.1 Å². The Balaban J connectivity index is 2.14. The Kier molecular flexibility index (Phi) is 4.11. The lowest BCUT2D eigenvalue weighted by atomic mass is 10.1. The van der Waals surface area contributed by atoms with Crippen molar-refractivity contribution in [2.24, 2.45) is 0 Å². The van der Waals surface area contributed by atoms with Crippen molar-refractivity contribution in [1.29, 1.82) is 0 Å². The fourth-order valence-corrected chi connectivity index (χ4v) is 2.19. The third-order valence-corrected chi connectivity index (χ3v) is 3.21. The quantitative estimate of drug-likeness (QED) is 0.399. The molecule has 0 amide bonds. The molecule has 2 heterocycles. The van der Waals surface area contributed by atoms with E-state index in [2.05, 4.69) is 5.16 Å². The lowest BCUT2D eigenvalue weighted by molar-refractivity contribution is -0.401. The highest BCUT2D eigenvalue weighted by Crippen LogP contribution is 2.34. The normalized spacial score (nSPS) is 10.5. The second kappa shape index (κ2) is 6.37. The molecule has 0 aliphatic heterocycles. The number of nitro groups is 1. The highest BCUT2D eigenvalue weighted by Gasteiger charge is 2.29. The van der Waals surface area contributed by atoms with Crippen LogP contribution in [0.25, 0.3) is 22.8 Å². The zero-order valence-electron chi connectivity index (χ0n) is 12.6. The summed E-state index contributed by atoms with van der Waals surface area (Å²) < 4.78 is 15.5. The maximum absolute atomic E-state index is 12.3. The van der Waals surface area contributed by atoms with E-state index in [1.165, 1.54) is 12.1 Å². The lowest BCUT2D eigenvalue weighted by Gasteiger charge is -2.03. The molecule has 24 heavy (non-hydrogen) atoms. The van der Waals surface area contributed by atoms with Crippen LogP contribution in [0.1, 0.15) is 17.3 Å². The third kappa shape index (κ3) is 2.76. The standard InChI is InChI=1S/C16H12N2O6/c1-2-22-16(19)13-14(11-8-9-12(23-11)18(20)21)17-24-15(13)10-6-4-3-5-7-10/h3-9H,2H2,1H3. The molecule has 0 fully saturated rings. The second-order valence-electron chi connectivity index (χ2n) is 4.72. The summed E-state index contributed by atoms with van der Waals surface area (Å²) in [6.07, 6.45) is 0. The van der Waals surface area contributed by atoms with Crippen LogP contribution in [0, 0.1) is 10.1 Å². The van der Waals surface area contributed by atoms with Crippen molar-refractivity contribution in [2.75, 3.05) is 6.61 Å². The highest BCUT2D eigenvalue weighted by molar-refractivity contribution is 6.01. The minimum atomic E-state index is -0.675. The van der Waals surface area contributed by atoms with E-state index < -0.39 is 16.8 Å². The van der Waals surface area contributed by atoms with Crippen LogP contribution in [0.5, 0.6) is 0 Å². The number of hydrogen-bond donors (Lipinski definition) is 0. The van der Waals surface area contributed by atoms with E-state index in [0.717, 1.165) is 0 Å². The SMILES string of the molecule is CCOC(=O)c1c(-c2ccc([N+](=O)[O-])o2)noc1-c1ccccc1. The first-order chi connectivity index (χ1) is 11.6. The molecule has 2 aromatic heterocycles. The van der Waals surface area contributed by atoms with Gasteiger partial charge in [-0.3, -0.25) is 10.1 Å². The number of furan rings is 1. The van der Waals surface area contributed by atoms with Crippen LogP contribution < -0.4 is 0 Å². The number of aromatic nitrogens is 1. The van der Waals surface area contributed by atoms with Gasteiger partial charge < -0.3 is 13.7 Å². The van der Waals surface area contributed by atoms with Gasteiger partial charge in [-0.1, -0.05) is 35.5 Å². The van der Waals surface area contributed by atoms with E-state index in [-0.39, 0.29) is 29.4 Å². The van der Waals surface area contributed by atoms with Crippen LogP contribution in [0.2, 0.25) is 0 Å². The van der Waals surface area contributed by atoms with Crippen LogP contribution in [-0.4, -0.2) is 22.7 Å². The number of esters is 1. The van der Waals surface area contributed by atoms with E-state index in [0.29, 0.717) is 5.56 Å². The molecule has 0 N–H and O–H groups in total. The van der Waals surface area contributed by atoms with Crippen molar-refractivity contribution < 1.29 is 23.4 Å². The van der Waals surface area contributed by atoms with E-state index >= 15 is 0 Å². The Bertz CT molecular complexity index is 881. The summed E-state index contributed by atoms with van der Waals surface area (Å²) in [7, 11) is 0. The molecule has 1 aromatic carbocycles. The molecule has 0 aliphatic carbocycles. The van der Waals surface area contributed by atoms with Crippen LogP contribution in [-0.2, 0) is 4.74 Å². The number of benzene rings is 1. The smallest absolute Gasteiger partial charge is 0.433 e. The predicted octanol–water partition coefficient (Wildman–Crippen LogP) is 3.69. The van der Waals surface area contributed by atoms with Gasteiger partial charge >= 0.3 is 11.9 Å². The highest BCUT2D eigenvalue weighted by atomic mass is 16.6. The van der Waals surface area contributed by atoms with Gasteiger partial charge in [-0.15, -0.1) is 0 Å². The van der Waals surface area contributed by atoms with E-state index in [1.54, 1.807) is 31.2 Å². The van der Waals surface area contributed by atoms with Crippen molar-refractivity contribution in [3.8, 4) is 22.8 Å². The van der Waals surface area contributed by atoms with Crippen LogP contribution >= 0.6 is 0 Å². The Morgan fingerprint density at radius 3 is 2.62 bits per heavy atom. The number of carbonyl (C=O) groups is 1. The van der Waals surface area contributed by atoms with Crippen molar-refractivity contribution in [1.82, 2.24) is 5.16 Å². The molecule has 0 atom stereocenters. The molecule has 0 aliphatic rings. The Morgan fingerprint density at radius 2 is 2.00 bits per heavy atom. The molecular weight excluding hydrogens is 316 g/mol. The largest absolute Gasteiger partial charge is 0.462 e. The Morgan fingerprint density at radius 1 is 1.25 bits per heavy atom. The molecule has 0 saturated carbocycles. The lowest BCUT2D eigenvalue weighted by Crippen LogP contribution is -2.06. The summed E-state index contributed by atoms with van der Waals surface area (Å²) in [4.78, 5) is 22.4. The maximum Gasteiger partial charge on any atom is 0.433 e. The summed E-state index contributed by atoms with van der Waals surface area (Å²) in [6, 6.07) is 11.4. The van der Waals surface area contributed by atoms with Crippen LogP contribution in [0.4, 0.5) is 5.88 Å². The monoisotopic (exact) mass is 328 g/mol. The van der Waals surface area contributed by atoms with E-state index in [1.807, 2.05) is 6.07 Å². The molecule has 0 bridgehead atoms. The van der Waals surface area contributed by atoms with E-state index in [9.17, 15) is 14.9 Å². The van der Waals surface area contributed by atoms with Crippen LogP contribution in [0.15, 0.2) is 51.4 Å². The van der Waals surface area contributed by atoms with E-state index in [4.69, 9.17) is 13.7 Å². The summed E-state index contributed by atoms with van der Waals surface area (Å²) >= 11 is 0. The molecule has 0 saturated heterocycles. The molecule has 3 rings (SSSR count). The Labute approximate surface area is 135 Å². The number of nitrogens with zero attached hydrogens (tertiary/aromatic N) is 2. The molecule has 0 radical (unpaired) electrons. The van der Waals surface area contributed by atoms with Gasteiger partial charge in [0, 0.05) is 5.56 Å². The average molecular weight is 328 g/mol. The van der Waals surface area contributed by atoms with Gasteiger partial charge in [-0.05, 0) is 13.0 Å². The maximum atomic E-state index is 12.3. The number of rotatable bonds is 5. The van der Waals surface area contributed by atoms with Gasteiger partial charge in [-0.25, -0.2) is 4.79 Å². The first-order valence-corrected chi connectivity index (χ1v) is 7.08. The Hall–Kier alpha value is -3.42. The summed E-state index contributed by atoms with van der Waals surface area (Å²) in [5.41, 5.74) is 0.744. The minimum Gasteiger partial charge on any atom is -0.462 e. The molecule has 122 valence electrons. The number of carbonyl (C=O) groups excluding carboxylic acids is 1. The summed E-state index contributed by atoms with van der Waals surface area (Å²) in [6.45, 7) is 1.83. The first kappa shape index (κ1) is 15.5. The van der Waals surface area contributed by atoms with Gasteiger partial charge in [0.1, 0.15) is 10.5 Å². The van der Waals surface area contributed by atoms with Gasteiger partial charge in [-0.2, -0.15) is 0 Å². The summed E-state index contributed by atoms with van der Waals surface area (Å²) in [5, 5.41) is 14.6. The van der Waals surface area contributed by atoms with Crippen molar-refractivity contribution in [3.63, 3.8) is 0 Å². The molecule has 0 unspecified atom stereocenters. The van der Waals surface area contributed by atoms with Gasteiger partial charge in [0.25, 0.3) is 0 Å². The predicted molar refractivity (Wildman–Crippen MR) is 82.3 cm³/mol. The second-order valence-corrected chi connectivity index (χ2v) is 4.72. The fourth-order valence-electron chi connectivity index (χ4n) is 2.19. The zero-order valence-corrected chi connectivity index (χ0v) is 12.6. The zero-order chi connectivity index (χ0) is 17.1. The number of ether oxygens (including phenoxy) is 1. The van der Waals surface area contributed by atoms with Gasteiger partial charge in [0.05, 0.1) is 12.7 Å². The fraction of sp³-hybridized carbons (Fsp3) is 0.125. The van der Waals surface area contributed by atoms with Crippen molar-refractivity contribution >= 4 is 11.9 Å². The molecule has 8 heteroatoms. The minimum absolute atomic E-state index is 0.0516. The first-order valence-electron chi connectivity index (χ1n) is 7.08. The van der Waals surface area contributed by atoms with Gasteiger partial charge in [0.15, 0.2) is 17.2 Å². The van der Waals surface area contributed by atoms with Crippen molar-refractivity contribution in [2.45, 2.75) is 6.92 Å². The topological polar surface area (TPSA) is 109 Å². The third-order valence-electron chi connectivity index (χ3n) is 3.21. The van der Waals surface area contributed by atoms with Gasteiger partial charge in [0.2, 0.25) is 0 Å². The summed E-state index contributed by atoms with van der Waals surface area (Å²) in [5.74, 6) is -0.838. The molecule has 3 aromatic rings. The molecule has 0 spiro atoms. The number of hydrogen-bond acceptors (Lipinski definition) is 7.